The van der Waals surface area contributed by atoms with Crippen LogP contribution in [0, 0.1) is 0 Å². The summed E-state index contributed by atoms with van der Waals surface area (Å²) < 4.78 is 16.9. The summed E-state index contributed by atoms with van der Waals surface area (Å²) in [5.74, 6) is 0.147. The van der Waals surface area contributed by atoms with Crippen LogP contribution in [0.4, 0.5) is 5.69 Å². The molecule has 3 rings (SSSR count). The number of rotatable bonds is 10. The third kappa shape index (κ3) is 5.56. The topological polar surface area (TPSA) is 123 Å². The average Bonchev–Trinajstić information content (AvgIpc) is 3.09. The first kappa shape index (κ1) is 26.8. The number of aliphatic carboxylic acids is 1. The van der Waals surface area contributed by atoms with E-state index >= 15 is 0 Å². The Morgan fingerprint density at radius 1 is 1.11 bits per heavy atom. The third-order valence-electron chi connectivity index (χ3n) is 6.39. The number of carboxylic acid groups (broad SMARTS) is 1. The Bertz CT molecular complexity index is 1200. The number of nitrogens with one attached hydrogen (secondary N) is 2. The fourth-order valence-corrected chi connectivity index (χ4v) is 4.68. The van der Waals surface area contributed by atoms with Crippen molar-refractivity contribution in [2.24, 2.45) is 0 Å². The highest BCUT2D eigenvalue weighted by atomic mass is 16.5. The van der Waals surface area contributed by atoms with E-state index in [0.717, 1.165) is 17.5 Å². The quantitative estimate of drug-likeness (QED) is 0.450. The van der Waals surface area contributed by atoms with Crippen LogP contribution in [-0.2, 0) is 16.0 Å². The summed E-state index contributed by atoms with van der Waals surface area (Å²) >= 11 is 0. The van der Waals surface area contributed by atoms with Gasteiger partial charge in [-0.2, -0.15) is 0 Å². The second-order valence-corrected chi connectivity index (χ2v) is 8.77. The van der Waals surface area contributed by atoms with Gasteiger partial charge in [-0.3, -0.25) is 9.59 Å². The van der Waals surface area contributed by atoms with Crippen molar-refractivity contribution < 1.29 is 28.9 Å². The van der Waals surface area contributed by atoms with Gasteiger partial charge in [-0.1, -0.05) is 25.8 Å². The number of hydrogen-bond donors (Lipinski definition) is 3. The summed E-state index contributed by atoms with van der Waals surface area (Å²) in [6, 6.07) is 5.39. The fraction of sp³-hybridized carbons (Fsp3) is 0.444. The van der Waals surface area contributed by atoms with Crippen molar-refractivity contribution >= 4 is 17.6 Å². The van der Waals surface area contributed by atoms with Gasteiger partial charge in [0.25, 0.3) is 0 Å². The van der Waals surface area contributed by atoms with E-state index in [4.69, 9.17) is 14.2 Å². The summed E-state index contributed by atoms with van der Waals surface area (Å²) in [6.45, 7) is 3.41. The molecule has 2 aromatic carbocycles. The highest BCUT2D eigenvalue weighted by molar-refractivity contribution is 5.84. The van der Waals surface area contributed by atoms with Crippen LogP contribution in [0.15, 0.2) is 29.1 Å². The normalized spacial score (nSPS) is 15.0. The molecule has 1 unspecified atom stereocenters. The molecule has 1 aliphatic rings. The van der Waals surface area contributed by atoms with Crippen molar-refractivity contribution in [3.8, 4) is 28.4 Å². The minimum atomic E-state index is -1.02. The Kier molecular flexibility index (Phi) is 8.79. The standard InChI is InChI=1S/C27H34N2O7/c1-6-7-8-21(27(32)33)29-20-12-10-17-18(14-22(20)31)19(28-15(2)30)11-9-16-13-23(34-3)25(35-4)26(36-5)24(16)17/h10,12-14,19,21H,6-9,11H2,1-5H3,(H,28,30)(H,29,31)(H,32,33)/t19-,21?/m1/s1. The van der Waals surface area contributed by atoms with Crippen molar-refractivity contribution in [3.05, 3.63) is 45.6 Å². The van der Waals surface area contributed by atoms with E-state index in [1.807, 2.05) is 13.0 Å². The first-order chi connectivity index (χ1) is 17.2. The molecule has 0 fully saturated rings. The number of methoxy groups -OCH3 is 3. The number of carboxylic acids is 1. The molecule has 0 bridgehead atoms. The fourth-order valence-electron chi connectivity index (χ4n) is 4.68. The number of aryl methyl sites for hydroxylation is 1. The highest BCUT2D eigenvalue weighted by Crippen LogP contribution is 2.50. The Labute approximate surface area is 210 Å². The van der Waals surface area contributed by atoms with Gasteiger partial charge in [0.1, 0.15) is 6.04 Å². The maximum absolute atomic E-state index is 13.3. The molecule has 0 saturated carbocycles. The molecular weight excluding hydrogens is 464 g/mol. The second-order valence-electron chi connectivity index (χ2n) is 8.77. The molecule has 36 heavy (non-hydrogen) atoms. The average molecular weight is 499 g/mol. The zero-order valence-electron chi connectivity index (χ0n) is 21.4. The van der Waals surface area contributed by atoms with Crippen molar-refractivity contribution in [1.82, 2.24) is 5.32 Å². The summed E-state index contributed by atoms with van der Waals surface area (Å²) in [4.78, 5) is 37.2. The molecule has 0 aromatic heterocycles. The molecule has 3 N–H and O–H groups in total. The predicted octanol–water partition coefficient (Wildman–Crippen LogP) is 3.92. The lowest BCUT2D eigenvalue weighted by atomic mass is 9.95. The first-order valence-corrected chi connectivity index (χ1v) is 12.0. The van der Waals surface area contributed by atoms with Crippen LogP contribution in [0.1, 0.15) is 56.7 Å². The van der Waals surface area contributed by atoms with Gasteiger partial charge in [0.15, 0.2) is 11.5 Å². The van der Waals surface area contributed by atoms with Gasteiger partial charge in [-0.25, -0.2) is 4.79 Å². The number of benzene rings is 1. The van der Waals surface area contributed by atoms with Crippen LogP contribution < -0.4 is 30.3 Å². The van der Waals surface area contributed by atoms with E-state index in [1.54, 1.807) is 19.2 Å². The van der Waals surface area contributed by atoms with Crippen LogP contribution in [0.3, 0.4) is 0 Å². The number of carbonyl (C=O) groups excluding carboxylic acids is 1. The maximum atomic E-state index is 13.3. The Morgan fingerprint density at radius 3 is 2.42 bits per heavy atom. The third-order valence-corrected chi connectivity index (χ3v) is 6.39. The summed E-state index contributed by atoms with van der Waals surface area (Å²) in [6.07, 6.45) is 3.08. The van der Waals surface area contributed by atoms with Crippen molar-refractivity contribution in [2.75, 3.05) is 26.6 Å². The van der Waals surface area contributed by atoms with Gasteiger partial charge in [-0.15, -0.1) is 0 Å². The zero-order valence-corrected chi connectivity index (χ0v) is 21.4. The molecule has 194 valence electrons. The number of ether oxygens (including phenoxy) is 3. The van der Waals surface area contributed by atoms with Crippen molar-refractivity contribution in [1.29, 1.82) is 0 Å². The largest absolute Gasteiger partial charge is 0.493 e. The van der Waals surface area contributed by atoms with E-state index < -0.39 is 18.1 Å². The molecule has 1 amide bonds. The Morgan fingerprint density at radius 2 is 1.83 bits per heavy atom. The van der Waals surface area contributed by atoms with Crippen LogP contribution in [0.2, 0.25) is 0 Å². The lowest BCUT2D eigenvalue weighted by Gasteiger charge is -2.19. The van der Waals surface area contributed by atoms with Gasteiger partial charge in [0, 0.05) is 12.5 Å². The smallest absolute Gasteiger partial charge is 0.326 e. The molecule has 9 heteroatoms. The Balaban J connectivity index is 2.28. The highest BCUT2D eigenvalue weighted by Gasteiger charge is 2.29. The monoisotopic (exact) mass is 498 g/mol. The first-order valence-electron chi connectivity index (χ1n) is 12.0. The molecule has 0 heterocycles. The lowest BCUT2D eigenvalue weighted by Crippen LogP contribution is -2.31. The van der Waals surface area contributed by atoms with Gasteiger partial charge in [-0.05, 0) is 54.2 Å². The molecule has 2 aromatic rings. The van der Waals surface area contributed by atoms with Crippen LogP contribution >= 0.6 is 0 Å². The van der Waals surface area contributed by atoms with E-state index in [9.17, 15) is 19.5 Å². The van der Waals surface area contributed by atoms with E-state index in [1.165, 1.54) is 27.2 Å². The number of carbonyl (C=O) groups is 2. The van der Waals surface area contributed by atoms with Crippen molar-refractivity contribution in [2.45, 2.75) is 58.0 Å². The molecular formula is C27H34N2O7. The van der Waals surface area contributed by atoms with Gasteiger partial charge >= 0.3 is 5.97 Å². The van der Waals surface area contributed by atoms with Gasteiger partial charge < -0.3 is 30.0 Å². The molecule has 0 radical (unpaired) electrons. The number of hydrogen-bond acceptors (Lipinski definition) is 7. The second kappa shape index (κ2) is 11.8. The molecule has 0 aliphatic heterocycles. The molecule has 1 aliphatic carbocycles. The maximum Gasteiger partial charge on any atom is 0.326 e. The number of fused-ring (bicyclic) bond motifs is 3. The predicted molar refractivity (Wildman–Crippen MR) is 137 cm³/mol. The van der Waals surface area contributed by atoms with Crippen LogP contribution in [0.25, 0.3) is 11.1 Å². The van der Waals surface area contributed by atoms with Crippen LogP contribution in [0.5, 0.6) is 17.2 Å². The minimum Gasteiger partial charge on any atom is -0.493 e. The van der Waals surface area contributed by atoms with E-state index in [0.29, 0.717) is 54.1 Å². The molecule has 9 nitrogen and oxygen atoms in total. The summed E-state index contributed by atoms with van der Waals surface area (Å²) in [7, 11) is 4.61. The van der Waals surface area contributed by atoms with Gasteiger partial charge in [0.2, 0.25) is 17.1 Å². The van der Waals surface area contributed by atoms with E-state index in [-0.39, 0.29) is 17.0 Å². The summed E-state index contributed by atoms with van der Waals surface area (Å²) in [5.41, 5.74) is 2.77. The SMILES string of the molecule is CCCCC(Nc1ccc2c(cc1=O)[C@H](NC(C)=O)CCc1cc(OC)c(OC)c(OC)c1-2)C(=O)O. The zero-order chi connectivity index (χ0) is 26.4. The summed E-state index contributed by atoms with van der Waals surface area (Å²) in [5, 5.41) is 15.5. The lowest BCUT2D eigenvalue weighted by molar-refractivity contribution is -0.138. The molecule has 2 atom stereocenters. The van der Waals surface area contributed by atoms with E-state index in [2.05, 4.69) is 10.6 Å². The van der Waals surface area contributed by atoms with Crippen LogP contribution in [-0.4, -0.2) is 44.4 Å². The number of unbranched alkanes of at least 4 members (excludes halogenated alkanes) is 1. The minimum absolute atomic E-state index is 0.175. The number of anilines is 1. The Hall–Kier alpha value is -3.75. The molecule has 0 spiro atoms. The van der Waals surface area contributed by atoms with Crippen molar-refractivity contribution in [3.63, 3.8) is 0 Å². The molecule has 0 saturated heterocycles. The number of amides is 1. The van der Waals surface area contributed by atoms with Gasteiger partial charge in [0.05, 0.1) is 33.1 Å².